The molecule has 2 aliphatic heterocycles. The molecule has 24 heavy (non-hydrogen) atoms. The van der Waals surface area contributed by atoms with E-state index in [1.54, 1.807) is 11.8 Å². The summed E-state index contributed by atoms with van der Waals surface area (Å²) in [6, 6.07) is -0.270. The number of nitrogens with one attached hydrogen (secondary N) is 1. The smallest absolute Gasteiger partial charge is 0.407 e. The van der Waals surface area contributed by atoms with E-state index in [4.69, 9.17) is 4.74 Å². The number of hydrogen-bond acceptors (Lipinski definition) is 6. The third-order valence-corrected chi connectivity index (χ3v) is 5.29. The molecule has 0 bridgehead atoms. The van der Waals surface area contributed by atoms with E-state index in [1.165, 1.54) is 17.8 Å². The largest absolute Gasteiger partial charge is 0.445 e. The summed E-state index contributed by atoms with van der Waals surface area (Å²) in [5.41, 5.74) is 0. The van der Waals surface area contributed by atoms with Gasteiger partial charge in [-0.15, -0.1) is 0 Å². The first-order valence-corrected chi connectivity index (χ1v) is 8.99. The second-order valence-electron chi connectivity index (χ2n) is 6.22. The van der Waals surface area contributed by atoms with Crippen molar-refractivity contribution in [3.8, 4) is 0 Å². The van der Waals surface area contributed by atoms with Crippen LogP contribution in [-0.2, 0) is 14.3 Å². The minimum absolute atomic E-state index is 0.0768. The molecule has 2 rings (SSSR count). The van der Waals surface area contributed by atoms with Crippen molar-refractivity contribution < 1.29 is 19.1 Å². The quantitative estimate of drug-likeness (QED) is 0.737. The Hall–Kier alpha value is -1.54. The molecular weight excluding hydrogens is 330 g/mol. The maximum Gasteiger partial charge on any atom is 0.407 e. The molecule has 0 aromatic carbocycles. The summed E-state index contributed by atoms with van der Waals surface area (Å²) >= 11 is 1.31. The number of rotatable bonds is 5. The van der Waals surface area contributed by atoms with Crippen LogP contribution in [0.4, 0.5) is 4.79 Å². The number of carbonyl (C=O) groups is 3. The van der Waals surface area contributed by atoms with Gasteiger partial charge in [0.1, 0.15) is 6.61 Å². The van der Waals surface area contributed by atoms with Gasteiger partial charge in [-0.05, 0) is 19.9 Å². The normalized spacial score (nSPS) is 27.1. The van der Waals surface area contributed by atoms with Crippen LogP contribution < -0.4 is 5.32 Å². The predicted octanol–water partition coefficient (Wildman–Crippen LogP) is 0.852. The Morgan fingerprint density at radius 1 is 1.38 bits per heavy atom. The van der Waals surface area contributed by atoms with Crippen LogP contribution in [0.15, 0.2) is 12.7 Å². The number of likely N-dealkylation sites (N-methyl/N-ethyl adjacent to an activating group) is 1. The minimum atomic E-state index is -0.481. The molecule has 2 saturated heterocycles. The van der Waals surface area contributed by atoms with Gasteiger partial charge < -0.3 is 15.0 Å². The molecule has 0 saturated carbocycles. The second kappa shape index (κ2) is 8.53. The lowest BCUT2D eigenvalue weighted by atomic mass is 10.2. The molecule has 7 nitrogen and oxygen atoms in total. The van der Waals surface area contributed by atoms with Gasteiger partial charge in [-0.2, -0.15) is 0 Å². The monoisotopic (exact) mass is 355 g/mol. The van der Waals surface area contributed by atoms with Crippen LogP contribution in [0.2, 0.25) is 0 Å². The van der Waals surface area contributed by atoms with Crippen LogP contribution in [0.3, 0.4) is 0 Å². The Bertz CT molecular complexity index is 514. The molecule has 2 fully saturated rings. The number of thioether (sulfide) groups is 1. The maximum absolute atomic E-state index is 12.7. The Kier molecular flexibility index (Phi) is 6.68. The summed E-state index contributed by atoms with van der Waals surface area (Å²) in [6.45, 7) is 7.08. The molecular formula is C16H25N3O4S. The Labute approximate surface area is 146 Å². The SMILES string of the molecule is C=CCOC(=O)N[C@H]1CCN(C(=O)[C@H]2C[C@@H](SC(C)=O)CN2C)C1. The summed E-state index contributed by atoms with van der Waals surface area (Å²) in [6.07, 6.45) is 2.44. The minimum Gasteiger partial charge on any atom is -0.445 e. The molecule has 0 unspecified atom stereocenters. The van der Waals surface area contributed by atoms with Gasteiger partial charge in [-0.25, -0.2) is 4.79 Å². The number of likely N-dealkylation sites (tertiary alicyclic amines) is 2. The van der Waals surface area contributed by atoms with E-state index < -0.39 is 6.09 Å². The topological polar surface area (TPSA) is 79.0 Å². The number of nitrogens with zero attached hydrogens (tertiary/aromatic N) is 2. The molecule has 1 N–H and O–H groups in total. The van der Waals surface area contributed by atoms with E-state index in [9.17, 15) is 14.4 Å². The van der Waals surface area contributed by atoms with E-state index in [1.807, 2.05) is 11.9 Å². The number of hydrogen-bond donors (Lipinski definition) is 1. The zero-order valence-electron chi connectivity index (χ0n) is 14.2. The second-order valence-corrected chi connectivity index (χ2v) is 7.70. The molecule has 0 aromatic heterocycles. The van der Waals surface area contributed by atoms with Gasteiger partial charge >= 0.3 is 6.09 Å². The highest BCUT2D eigenvalue weighted by Gasteiger charge is 2.39. The van der Waals surface area contributed by atoms with Crippen molar-refractivity contribution in [3.63, 3.8) is 0 Å². The predicted molar refractivity (Wildman–Crippen MR) is 92.8 cm³/mol. The molecule has 0 radical (unpaired) electrons. The highest BCUT2D eigenvalue weighted by Crippen LogP contribution is 2.28. The van der Waals surface area contributed by atoms with Crippen molar-refractivity contribution in [3.05, 3.63) is 12.7 Å². The molecule has 2 amide bonds. The van der Waals surface area contributed by atoms with Crippen molar-refractivity contribution in [1.29, 1.82) is 0 Å². The molecule has 0 aliphatic carbocycles. The first-order chi connectivity index (χ1) is 11.4. The van der Waals surface area contributed by atoms with Gasteiger partial charge in [0.2, 0.25) is 5.91 Å². The van der Waals surface area contributed by atoms with E-state index >= 15 is 0 Å². The number of amides is 2. The molecule has 3 atom stereocenters. The van der Waals surface area contributed by atoms with Crippen molar-refractivity contribution in [2.24, 2.45) is 0 Å². The standard InChI is InChI=1S/C16H25N3O4S/c1-4-7-23-16(22)17-12-5-6-19(9-12)15(21)14-8-13(10-18(14)3)24-11(2)20/h4,12-14H,1,5-10H2,2-3H3,(H,17,22)/t12-,13+,14+/m0/s1. The zero-order chi connectivity index (χ0) is 17.7. The van der Waals surface area contributed by atoms with Crippen molar-refractivity contribution >= 4 is 28.9 Å². The van der Waals surface area contributed by atoms with Crippen molar-refractivity contribution in [2.45, 2.75) is 37.1 Å². The summed E-state index contributed by atoms with van der Waals surface area (Å²) < 4.78 is 4.90. The number of alkyl carbamates (subject to hydrolysis) is 1. The summed E-state index contributed by atoms with van der Waals surface area (Å²) in [7, 11) is 1.92. The maximum atomic E-state index is 12.7. The molecule has 134 valence electrons. The van der Waals surface area contributed by atoms with Crippen LogP contribution in [0.5, 0.6) is 0 Å². The highest BCUT2D eigenvalue weighted by atomic mass is 32.2. The van der Waals surface area contributed by atoms with Crippen LogP contribution in [0, 0.1) is 0 Å². The van der Waals surface area contributed by atoms with Gasteiger partial charge in [-0.1, -0.05) is 24.4 Å². The van der Waals surface area contributed by atoms with Crippen LogP contribution in [-0.4, -0.2) is 77.5 Å². The summed E-state index contributed by atoms with van der Waals surface area (Å²) in [5.74, 6) is 0.0768. The number of carbonyl (C=O) groups excluding carboxylic acids is 3. The van der Waals surface area contributed by atoms with Crippen LogP contribution >= 0.6 is 11.8 Å². The van der Waals surface area contributed by atoms with E-state index in [-0.39, 0.29) is 35.0 Å². The summed E-state index contributed by atoms with van der Waals surface area (Å²) in [5, 5.41) is 3.03. The van der Waals surface area contributed by atoms with Crippen LogP contribution in [0.1, 0.15) is 19.8 Å². The summed E-state index contributed by atoms with van der Waals surface area (Å²) in [4.78, 5) is 39.3. The molecule has 2 heterocycles. The fourth-order valence-corrected chi connectivity index (χ4v) is 4.25. The van der Waals surface area contributed by atoms with Crippen molar-refractivity contribution in [1.82, 2.24) is 15.1 Å². The van der Waals surface area contributed by atoms with Crippen molar-refractivity contribution in [2.75, 3.05) is 33.3 Å². The third-order valence-electron chi connectivity index (χ3n) is 4.28. The van der Waals surface area contributed by atoms with Gasteiger partial charge in [-0.3, -0.25) is 14.5 Å². The molecule has 0 aromatic rings. The molecule has 8 heteroatoms. The van der Waals surface area contributed by atoms with E-state index in [0.29, 0.717) is 19.5 Å². The van der Waals surface area contributed by atoms with Gasteiger partial charge in [0.25, 0.3) is 0 Å². The zero-order valence-corrected chi connectivity index (χ0v) is 15.0. The number of ether oxygens (including phenoxy) is 1. The fraction of sp³-hybridized carbons (Fsp3) is 0.688. The van der Waals surface area contributed by atoms with Crippen LogP contribution in [0.25, 0.3) is 0 Å². The van der Waals surface area contributed by atoms with Gasteiger partial charge in [0.05, 0.1) is 12.1 Å². The average molecular weight is 355 g/mol. The molecule has 2 aliphatic rings. The van der Waals surface area contributed by atoms with E-state index in [0.717, 1.165) is 13.0 Å². The Morgan fingerprint density at radius 3 is 2.79 bits per heavy atom. The lowest BCUT2D eigenvalue weighted by molar-refractivity contribution is -0.134. The lowest BCUT2D eigenvalue weighted by Gasteiger charge is -2.24. The third kappa shape index (κ3) is 4.98. The molecule has 0 spiro atoms. The van der Waals surface area contributed by atoms with Gasteiger partial charge in [0, 0.05) is 31.8 Å². The van der Waals surface area contributed by atoms with E-state index in [2.05, 4.69) is 11.9 Å². The Morgan fingerprint density at radius 2 is 2.12 bits per heavy atom. The first-order valence-electron chi connectivity index (χ1n) is 8.11. The lowest BCUT2D eigenvalue weighted by Crippen LogP contribution is -2.45. The first kappa shape index (κ1) is 18.8. The fourth-order valence-electron chi connectivity index (χ4n) is 3.19. The Balaban J connectivity index is 1.82. The van der Waals surface area contributed by atoms with Gasteiger partial charge in [0.15, 0.2) is 5.12 Å². The highest BCUT2D eigenvalue weighted by molar-refractivity contribution is 8.14. The average Bonchev–Trinajstić information content (AvgIpc) is 3.10.